The van der Waals surface area contributed by atoms with Gasteiger partial charge in [-0.15, -0.1) is 11.3 Å². The zero-order valence-corrected chi connectivity index (χ0v) is 13.1. The van der Waals surface area contributed by atoms with Crippen LogP contribution < -0.4 is 4.90 Å². The van der Waals surface area contributed by atoms with E-state index in [2.05, 4.69) is 21.8 Å². The summed E-state index contributed by atoms with van der Waals surface area (Å²) in [4.78, 5) is 27.1. The fraction of sp³-hybridized carbons (Fsp3) is 0.400. The standard InChI is InChI=1S/C15H18N4OS/c1-11-10-13(21-12(11)2)14(20)18-6-8-19(9-7-18)15-16-4-3-5-17-15/h3-5,10H,6-9H2,1-2H3. The molecule has 110 valence electrons. The maximum absolute atomic E-state index is 12.5. The van der Waals surface area contributed by atoms with Gasteiger partial charge in [0.15, 0.2) is 0 Å². The highest BCUT2D eigenvalue weighted by Crippen LogP contribution is 2.22. The van der Waals surface area contributed by atoms with E-state index in [9.17, 15) is 4.79 Å². The molecule has 1 fully saturated rings. The Balaban J connectivity index is 1.64. The number of carbonyl (C=O) groups excluding carboxylic acids is 1. The van der Waals surface area contributed by atoms with Crippen molar-refractivity contribution >= 4 is 23.2 Å². The molecule has 3 heterocycles. The second-order valence-corrected chi connectivity index (χ2v) is 6.43. The van der Waals surface area contributed by atoms with Gasteiger partial charge in [0.2, 0.25) is 5.95 Å². The first-order valence-electron chi connectivity index (χ1n) is 7.03. The molecule has 2 aromatic heterocycles. The van der Waals surface area contributed by atoms with Crippen LogP contribution in [-0.4, -0.2) is 47.0 Å². The van der Waals surface area contributed by atoms with E-state index in [1.165, 1.54) is 10.4 Å². The molecule has 2 aromatic rings. The van der Waals surface area contributed by atoms with E-state index < -0.39 is 0 Å². The quantitative estimate of drug-likeness (QED) is 0.852. The maximum Gasteiger partial charge on any atom is 0.264 e. The van der Waals surface area contributed by atoms with E-state index in [-0.39, 0.29) is 5.91 Å². The van der Waals surface area contributed by atoms with Crippen molar-refractivity contribution in [2.75, 3.05) is 31.1 Å². The monoisotopic (exact) mass is 302 g/mol. The smallest absolute Gasteiger partial charge is 0.264 e. The minimum atomic E-state index is 0.143. The fourth-order valence-electron chi connectivity index (χ4n) is 2.40. The molecular weight excluding hydrogens is 284 g/mol. The molecule has 5 nitrogen and oxygen atoms in total. The average molecular weight is 302 g/mol. The van der Waals surface area contributed by atoms with Crippen LogP contribution in [0.25, 0.3) is 0 Å². The maximum atomic E-state index is 12.5. The van der Waals surface area contributed by atoms with Gasteiger partial charge in [-0.2, -0.15) is 0 Å². The fourth-order valence-corrected chi connectivity index (χ4v) is 3.40. The van der Waals surface area contributed by atoms with Crippen molar-refractivity contribution in [1.82, 2.24) is 14.9 Å². The number of aryl methyl sites for hydroxylation is 2. The lowest BCUT2D eigenvalue weighted by atomic mass is 10.2. The Labute approximate surface area is 128 Å². The third kappa shape index (κ3) is 2.90. The van der Waals surface area contributed by atoms with E-state index in [1.54, 1.807) is 23.7 Å². The Hall–Kier alpha value is -1.95. The first kappa shape index (κ1) is 14.0. The van der Waals surface area contributed by atoms with Gasteiger partial charge >= 0.3 is 0 Å². The molecule has 0 unspecified atom stereocenters. The molecule has 1 saturated heterocycles. The van der Waals surface area contributed by atoms with Crippen molar-refractivity contribution in [3.63, 3.8) is 0 Å². The lowest BCUT2D eigenvalue weighted by Crippen LogP contribution is -2.49. The molecule has 0 radical (unpaired) electrons. The first-order chi connectivity index (χ1) is 10.1. The Morgan fingerprint density at radius 3 is 2.38 bits per heavy atom. The van der Waals surface area contributed by atoms with Crippen LogP contribution in [0.5, 0.6) is 0 Å². The second-order valence-electron chi connectivity index (χ2n) is 5.18. The van der Waals surface area contributed by atoms with Crippen LogP contribution in [0.3, 0.4) is 0 Å². The summed E-state index contributed by atoms with van der Waals surface area (Å²) < 4.78 is 0. The van der Waals surface area contributed by atoms with Crippen molar-refractivity contribution in [2.24, 2.45) is 0 Å². The Morgan fingerprint density at radius 1 is 1.14 bits per heavy atom. The topological polar surface area (TPSA) is 49.3 Å². The van der Waals surface area contributed by atoms with Gasteiger partial charge in [0, 0.05) is 43.4 Å². The van der Waals surface area contributed by atoms with E-state index in [1.807, 2.05) is 24.0 Å². The minimum Gasteiger partial charge on any atom is -0.337 e. The molecule has 0 aromatic carbocycles. The van der Waals surface area contributed by atoms with Crippen LogP contribution in [0.4, 0.5) is 5.95 Å². The summed E-state index contributed by atoms with van der Waals surface area (Å²) in [7, 11) is 0. The van der Waals surface area contributed by atoms with Gasteiger partial charge in [-0.05, 0) is 31.5 Å². The van der Waals surface area contributed by atoms with Crippen LogP contribution in [-0.2, 0) is 0 Å². The van der Waals surface area contributed by atoms with Gasteiger partial charge in [-0.25, -0.2) is 9.97 Å². The summed E-state index contributed by atoms with van der Waals surface area (Å²) in [5.41, 5.74) is 1.19. The number of hydrogen-bond acceptors (Lipinski definition) is 5. The van der Waals surface area contributed by atoms with Crippen LogP contribution in [0.2, 0.25) is 0 Å². The van der Waals surface area contributed by atoms with Crippen molar-refractivity contribution in [3.8, 4) is 0 Å². The Kier molecular flexibility index (Phi) is 3.88. The van der Waals surface area contributed by atoms with Crippen molar-refractivity contribution in [2.45, 2.75) is 13.8 Å². The molecular formula is C15H18N4OS. The molecule has 0 atom stereocenters. The number of aromatic nitrogens is 2. The number of nitrogens with zero attached hydrogens (tertiary/aromatic N) is 4. The third-order valence-electron chi connectivity index (χ3n) is 3.78. The molecule has 0 spiro atoms. The second kappa shape index (κ2) is 5.81. The lowest BCUT2D eigenvalue weighted by molar-refractivity contribution is 0.0751. The highest BCUT2D eigenvalue weighted by Gasteiger charge is 2.24. The molecule has 1 amide bonds. The summed E-state index contributed by atoms with van der Waals surface area (Å²) >= 11 is 1.58. The molecule has 1 aliphatic rings. The molecule has 0 saturated carbocycles. The van der Waals surface area contributed by atoms with Gasteiger partial charge in [0.25, 0.3) is 5.91 Å². The average Bonchev–Trinajstić information content (AvgIpc) is 2.87. The predicted molar refractivity (Wildman–Crippen MR) is 83.9 cm³/mol. The number of rotatable bonds is 2. The predicted octanol–water partition coefficient (Wildman–Crippen LogP) is 2.12. The summed E-state index contributed by atoms with van der Waals surface area (Å²) in [6, 6.07) is 3.81. The van der Waals surface area contributed by atoms with Gasteiger partial charge in [-0.1, -0.05) is 0 Å². The minimum absolute atomic E-state index is 0.143. The number of piperazine rings is 1. The summed E-state index contributed by atoms with van der Waals surface area (Å²) in [5.74, 6) is 0.886. The SMILES string of the molecule is Cc1cc(C(=O)N2CCN(c3ncccn3)CC2)sc1C. The van der Waals surface area contributed by atoms with Gasteiger partial charge in [0.1, 0.15) is 0 Å². The summed E-state index contributed by atoms with van der Waals surface area (Å²) in [6.45, 7) is 7.09. The van der Waals surface area contributed by atoms with E-state index in [4.69, 9.17) is 0 Å². The van der Waals surface area contributed by atoms with Gasteiger partial charge in [0.05, 0.1) is 4.88 Å². The van der Waals surface area contributed by atoms with E-state index in [0.717, 1.165) is 23.9 Å². The van der Waals surface area contributed by atoms with Crippen LogP contribution in [0, 0.1) is 13.8 Å². The zero-order valence-electron chi connectivity index (χ0n) is 12.2. The van der Waals surface area contributed by atoms with Gasteiger partial charge in [-0.3, -0.25) is 4.79 Å². The number of hydrogen-bond donors (Lipinski definition) is 0. The van der Waals surface area contributed by atoms with E-state index in [0.29, 0.717) is 13.1 Å². The summed E-state index contributed by atoms with van der Waals surface area (Å²) in [6.07, 6.45) is 3.49. The highest BCUT2D eigenvalue weighted by atomic mass is 32.1. The van der Waals surface area contributed by atoms with E-state index >= 15 is 0 Å². The summed E-state index contributed by atoms with van der Waals surface area (Å²) in [5, 5.41) is 0. The molecule has 21 heavy (non-hydrogen) atoms. The number of carbonyl (C=O) groups is 1. The van der Waals surface area contributed by atoms with Gasteiger partial charge < -0.3 is 9.80 Å². The molecule has 0 aliphatic carbocycles. The molecule has 1 aliphatic heterocycles. The molecule has 3 rings (SSSR count). The van der Waals surface area contributed by atoms with Crippen molar-refractivity contribution in [3.05, 3.63) is 39.8 Å². The first-order valence-corrected chi connectivity index (χ1v) is 7.85. The number of anilines is 1. The van der Waals surface area contributed by atoms with Crippen molar-refractivity contribution < 1.29 is 4.79 Å². The third-order valence-corrected chi connectivity index (χ3v) is 4.92. The highest BCUT2D eigenvalue weighted by molar-refractivity contribution is 7.14. The molecule has 0 N–H and O–H groups in total. The normalized spacial score (nSPS) is 15.3. The Bertz CT molecular complexity index is 613. The largest absolute Gasteiger partial charge is 0.337 e. The number of amides is 1. The molecule has 0 bridgehead atoms. The zero-order chi connectivity index (χ0) is 14.8. The van der Waals surface area contributed by atoms with Crippen LogP contribution in [0.1, 0.15) is 20.1 Å². The van der Waals surface area contributed by atoms with Crippen molar-refractivity contribution in [1.29, 1.82) is 0 Å². The Morgan fingerprint density at radius 2 is 1.81 bits per heavy atom. The molecule has 6 heteroatoms. The van der Waals surface area contributed by atoms with Crippen LogP contribution >= 0.6 is 11.3 Å². The lowest BCUT2D eigenvalue weighted by Gasteiger charge is -2.34. The van der Waals surface area contributed by atoms with Crippen LogP contribution in [0.15, 0.2) is 24.5 Å². The number of thiophene rings is 1.